The van der Waals surface area contributed by atoms with Crippen LogP contribution in [0.1, 0.15) is 19.8 Å². The number of amides is 1. The minimum atomic E-state index is -0.315. The summed E-state index contributed by atoms with van der Waals surface area (Å²) in [5.74, 6) is -0.486. The van der Waals surface area contributed by atoms with Crippen LogP contribution in [0.25, 0.3) is 0 Å². The summed E-state index contributed by atoms with van der Waals surface area (Å²) in [6, 6.07) is 4.73. The fraction of sp³-hybridized carbons (Fsp3) is 0.462. The first-order chi connectivity index (χ1) is 8.58. The molecule has 98 valence electrons. The number of hydrogen-bond acceptors (Lipinski definition) is 3. The van der Waals surface area contributed by atoms with Gasteiger partial charge in [0.1, 0.15) is 5.82 Å². The second kappa shape index (κ2) is 5.35. The van der Waals surface area contributed by atoms with Gasteiger partial charge in [-0.3, -0.25) is 4.79 Å². The van der Waals surface area contributed by atoms with Crippen LogP contribution >= 0.6 is 0 Å². The topological polar surface area (TPSA) is 50.4 Å². The molecule has 1 saturated carbocycles. The van der Waals surface area contributed by atoms with Gasteiger partial charge in [-0.1, -0.05) is 0 Å². The first-order valence-electron chi connectivity index (χ1n) is 5.95. The number of halogens is 1. The quantitative estimate of drug-likeness (QED) is 0.865. The summed E-state index contributed by atoms with van der Waals surface area (Å²) in [6.07, 6.45) is 2.02. The van der Waals surface area contributed by atoms with Gasteiger partial charge in [0.2, 0.25) is 5.91 Å². The highest BCUT2D eigenvalue weighted by molar-refractivity contribution is 5.89. The average molecular weight is 252 g/mol. The highest BCUT2D eigenvalue weighted by Crippen LogP contribution is 2.28. The van der Waals surface area contributed by atoms with Gasteiger partial charge in [0.15, 0.2) is 0 Å². The Hall–Kier alpha value is -1.62. The molecule has 4 nitrogen and oxygen atoms in total. The standard InChI is InChI=1S/C13H17FN2O2/c1-8(17)15-9-3-4-12(14)13(7-9)16-10-5-11(6-10)18-2/h3-4,7,10-11,16H,5-6H2,1-2H3,(H,15,17). The van der Waals surface area contributed by atoms with E-state index in [1.54, 1.807) is 19.2 Å². The summed E-state index contributed by atoms with van der Waals surface area (Å²) < 4.78 is 18.8. The van der Waals surface area contributed by atoms with Crippen molar-refractivity contribution in [2.24, 2.45) is 0 Å². The zero-order chi connectivity index (χ0) is 13.1. The lowest BCUT2D eigenvalue weighted by molar-refractivity contribution is -0.114. The maximum atomic E-state index is 13.6. The van der Waals surface area contributed by atoms with Gasteiger partial charge in [-0.25, -0.2) is 4.39 Å². The first-order valence-corrected chi connectivity index (χ1v) is 5.95. The van der Waals surface area contributed by atoms with Gasteiger partial charge >= 0.3 is 0 Å². The largest absolute Gasteiger partial charge is 0.381 e. The highest BCUT2D eigenvalue weighted by Gasteiger charge is 2.29. The summed E-state index contributed by atoms with van der Waals surface area (Å²) in [7, 11) is 1.68. The van der Waals surface area contributed by atoms with Crippen LogP contribution in [-0.4, -0.2) is 25.2 Å². The molecule has 0 aromatic heterocycles. The monoisotopic (exact) mass is 252 g/mol. The predicted molar refractivity (Wildman–Crippen MR) is 68.1 cm³/mol. The molecule has 2 rings (SSSR count). The molecule has 0 aliphatic heterocycles. The van der Waals surface area contributed by atoms with E-state index in [9.17, 15) is 9.18 Å². The zero-order valence-corrected chi connectivity index (χ0v) is 10.5. The van der Waals surface area contributed by atoms with Crippen molar-refractivity contribution in [3.8, 4) is 0 Å². The average Bonchev–Trinajstić information content (AvgIpc) is 2.26. The molecule has 5 heteroatoms. The fourth-order valence-electron chi connectivity index (χ4n) is 2.01. The molecule has 0 heterocycles. The molecule has 1 aromatic rings. The van der Waals surface area contributed by atoms with Gasteiger partial charge in [-0.05, 0) is 31.0 Å². The summed E-state index contributed by atoms with van der Waals surface area (Å²) >= 11 is 0. The SMILES string of the molecule is COC1CC(Nc2cc(NC(C)=O)ccc2F)C1. The molecular formula is C13H17FN2O2. The summed E-state index contributed by atoms with van der Waals surface area (Å²) in [6.45, 7) is 1.42. The van der Waals surface area contributed by atoms with Crippen LogP contribution in [0.5, 0.6) is 0 Å². The van der Waals surface area contributed by atoms with Crippen LogP contribution in [-0.2, 0) is 9.53 Å². The molecule has 0 radical (unpaired) electrons. The van der Waals surface area contributed by atoms with E-state index in [0.717, 1.165) is 12.8 Å². The third-order valence-electron chi connectivity index (χ3n) is 3.07. The minimum absolute atomic E-state index is 0.171. The van der Waals surface area contributed by atoms with Gasteiger partial charge < -0.3 is 15.4 Å². The molecule has 1 aliphatic rings. The maximum Gasteiger partial charge on any atom is 0.221 e. The minimum Gasteiger partial charge on any atom is -0.381 e. The van der Waals surface area contributed by atoms with Crippen molar-refractivity contribution in [3.05, 3.63) is 24.0 Å². The van der Waals surface area contributed by atoms with Crippen molar-refractivity contribution < 1.29 is 13.9 Å². The fourth-order valence-corrected chi connectivity index (χ4v) is 2.01. The van der Waals surface area contributed by atoms with Crippen LogP contribution < -0.4 is 10.6 Å². The van der Waals surface area contributed by atoms with E-state index in [1.165, 1.54) is 13.0 Å². The molecule has 1 fully saturated rings. The Bertz CT molecular complexity index is 445. The molecule has 0 atom stereocenters. The van der Waals surface area contributed by atoms with Crippen LogP contribution in [0, 0.1) is 5.82 Å². The smallest absolute Gasteiger partial charge is 0.221 e. The van der Waals surface area contributed by atoms with Crippen molar-refractivity contribution in [2.75, 3.05) is 17.7 Å². The second-order valence-corrected chi connectivity index (χ2v) is 4.55. The number of anilines is 2. The number of ether oxygens (including phenoxy) is 1. The maximum absolute atomic E-state index is 13.6. The second-order valence-electron chi connectivity index (χ2n) is 4.55. The van der Waals surface area contributed by atoms with Gasteiger partial charge in [-0.2, -0.15) is 0 Å². The van der Waals surface area contributed by atoms with Crippen molar-refractivity contribution in [1.82, 2.24) is 0 Å². The van der Waals surface area contributed by atoms with Gasteiger partial charge in [0, 0.05) is 25.8 Å². The molecule has 0 saturated heterocycles. The molecule has 18 heavy (non-hydrogen) atoms. The van der Waals surface area contributed by atoms with E-state index in [2.05, 4.69) is 10.6 Å². The van der Waals surface area contributed by atoms with Crippen molar-refractivity contribution >= 4 is 17.3 Å². The summed E-state index contributed by atoms with van der Waals surface area (Å²) in [5, 5.41) is 5.75. The van der Waals surface area contributed by atoms with E-state index >= 15 is 0 Å². The number of methoxy groups -OCH3 is 1. The Balaban J connectivity index is 2.00. The van der Waals surface area contributed by atoms with Crippen LogP contribution in [0.4, 0.5) is 15.8 Å². The van der Waals surface area contributed by atoms with E-state index in [-0.39, 0.29) is 23.9 Å². The molecule has 0 spiro atoms. The number of rotatable bonds is 4. The summed E-state index contributed by atoms with van der Waals surface area (Å²) in [5.41, 5.74) is 1.01. The number of carbonyl (C=O) groups excluding carboxylic acids is 1. The normalized spacial score (nSPS) is 22.2. The lowest BCUT2D eigenvalue weighted by atomic mass is 9.89. The van der Waals surface area contributed by atoms with E-state index < -0.39 is 0 Å². The van der Waals surface area contributed by atoms with Crippen LogP contribution in [0.3, 0.4) is 0 Å². The van der Waals surface area contributed by atoms with E-state index in [4.69, 9.17) is 4.74 Å². The molecule has 1 amide bonds. The lowest BCUT2D eigenvalue weighted by Gasteiger charge is -2.35. The molecule has 2 N–H and O–H groups in total. The van der Waals surface area contributed by atoms with Crippen molar-refractivity contribution in [3.63, 3.8) is 0 Å². The third kappa shape index (κ3) is 2.98. The van der Waals surface area contributed by atoms with Gasteiger partial charge in [-0.15, -0.1) is 0 Å². The first kappa shape index (κ1) is 12.8. The predicted octanol–water partition coefficient (Wildman–Crippen LogP) is 2.37. The molecular weight excluding hydrogens is 235 g/mol. The van der Waals surface area contributed by atoms with Gasteiger partial charge in [0.25, 0.3) is 0 Å². The Morgan fingerprint density at radius 3 is 2.78 bits per heavy atom. The Morgan fingerprint density at radius 1 is 1.44 bits per heavy atom. The van der Waals surface area contributed by atoms with Gasteiger partial charge in [0.05, 0.1) is 11.8 Å². The summed E-state index contributed by atoms with van der Waals surface area (Å²) in [4.78, 5) is 10.9. The Morgan fingerprint density at radius 2 is 2.17 bits per heavy atom. The van der Waals surface area contributed by atoms with Crippen LogP contribution in [0.2, 0.25) is 0 Å². The highest BCUT2D eigenvalue weighted by atomic mass is 19.1. The number of nitrogens with one attached hydrogen (secondary N) is 2. The van der Waals surface area contributed by atoms with Crippen molar-refractivity contribution in [2.45, 2.75) is 31.9 Å². The Labute approximate surface area is 106 Å². The lowest BCUT2D eigenvalue weighted by Crippen LogP contribution is -2.40. The zero-order valence-electron chi connectivity index (χ0n) is 10.5. The van der Waals surface area contributed by atoms with E-state index in [0.29, 0.717) is 11.4 Å². The molecule has 0 unspecified atom stereocenters. The van der Waals surface area contributed by atoms with Crippen LogP contribution in [0.15, 0.2) is 18.2 Å². The number of hydrogen-bond donors (Lipinski definition) is 2. The Kier molecular flexibility index (Phi) is 3.81. The van der Waals surface area contributed by atoms with E-state index in [1.807, 2.05) is 0 Å². The number of benzene rings is 1. The number of carbonyl (C=O) groups is 1. The molecule has 0 bridgehead atoms. The third-order valence-corrected chi connectivity index (χ3v) is 3.07. The molecule has 1 aromatic carbocycles. The molecule has 1 aliphatic carbocycles. The van der Waals surface area contributed by atoms with Crippen molar-refractivity contribution in [1.29, 1.82) is 0 Å².